The van der Waals surface area contributed by atoms with E-state index in [1.807, 2.05) is 0 Å². The van der Waals surface area contributed by atoms with Gasteiger partial charge < -0.3 is 14.6 Å². The minimum absolute atomic E-state index is 0.393. The zero-order valence-electron chi connectivity index (χ0n) is 9.45. The van der Waals surface area contributed by atoms with Gasteiger partial charge in [-0.3, -0.25) is 0 Å². The molecule has 0 aliphatic heterocycles. The molecule has 0 amide bonds. The fourth-order valence-corrected chi connectivity index (χ4v) is 0.822. The van der Waals surface area contributed by atoms with Gasteiger partial charge in [-0.2, -0.15) is 0 Å². The zero-order chi connectivity index (χ0) is 14.2. The summed E-state index contributed by atoms with van der Waals surface area (Å²) >= 11 is 0. The third kappa shape index (κ3) is 7.23. The van der Waals surface area contributed by atoms with E-state index in [0.29, 0.717) is 0 Å². The number of carbonyl (C=O) groups excluding carboxylic acids is 1. The maximum Gasteiger partial charge on any atom is 0.330 e. The standard InChI is InChI=1S/C10H14F4O4/c1-2-8(16)18-6-7(15)5-17-4-3-10(13,14)9(11)12/h2,7,9,15H,1,3-6H2. The van der Waals surface area contributed by atoms with Gasteiger partial charge in [0.05, 0.1) is 13.2 Å². The second-order valence-corrected chi connectivity index (χ2v) is 3.37. The monoisotopic (exact) mass is 274 g/mol. The van der Waals surface area contributed by atoms with Crippen molar-refractivity contribution >= 4 is 5.97 Å². The second kappa shape index (κ2) is 8.04. The van der Waals surface area contributed by atoms with Crippen LogP contribution in [-0.4, -0.2) is 49.3 Å². The van der Waals surface area contributed by atoms with Gasteiger partial charge in [-0.05, 0) is 0 Å². The van der Waals surface area contributed by atoms with Gasteiger partial charge in [0.15, 0.2) is 0 Å². The van der Waals surface area contributed by atoms with Crippen molar-refractivity contribution in [3.05, 3.63) is 12.7 Å². The van der Waals surface area contributed by atoms with Crippen LogP contribution in [0.1, 0.15) is 6.42 Å². The molecule has 0 bridgehead atoms. The first kappa shape index (κ1) is 16.9. The molecule has 18 heavy (non-hydrogen) atoms. The minimum Gasteiger partial charge on any atom is -0.460 e. The Morgan fingerprint density at radius 1 is 1.39 bits per heavy atom. The number of aliphatic hydroxyl groups is 1. The lowest BCUT2D eigenvalue weighted by atomic mass is 10.2. The van der Waals surface area contributed by atoms with Crippen LogP contribution in [-0.2, 0) is 14.3 Å². The van der Waals surface area contributed by atoms with Crippen molar-refractivity contribution < 1.29 is 36.9 Å². The normalized spacial score (nSPS) is 13.4. The predicted octanol–water partition coefficient (Wildman–Crippen LogP) is 1.38. The number of hydrogen-bond acceptors (Lipinski definition) is 4. The topological polar surface area (TPSA) is 55.8 Å². The van der Waals surface area contributed by atoms with Gasteiger partial charge in [0.25, 0.3) is 0 Å². The highest BCUT2D eigenvalue weighted by atomic mass is 19.3. The van der Waals surface area contributed by atoms with Crippen LogP contribution in [0.2, 0.25) is 0 Å². The maximum atomic E-state index is 12.4. The lowest BCUT2D eigenvalue weighted by Gasteiger charge is -2.16. The molecular formula is C10H14F4O4. The summed E-state index contributed by atoms with van der Waals surface area (Å²) in [5, 5.41) is 9.16. The van der Waals surface area contributed by atoms with Crippen molar-refractivity contribution in [3.63, 3.8) is 0 Å². The van der Waals surface area contributed by atoms with Crippen molar-refractivity contribution in [1.29, 1.82) is 0 Å². The second-order valence-electron chi connectivity index (χ2n) is 3.37. The van der Waals surface area contributed by atoms with Gasteiger partial charge in [0, 0.05) is 12.5 Å². The number of hydrogen-bond donors (Lipinski definition) is 1. The number of carbonyl (C=O) groups is 1. The molecule has 0 rings (SSSR count). The molecule has 0 saturated heterocycles. The molecule has 0 aliphatic rings. The number of alkyl halides is 4. The van der Waals surface area contributed by atoms with Crippen LogP contribution in [0.5, 0.6) is 0 Å². The van der Waals surface area contributed by atoms with E-state index in [4.69, 9.17) is 5.11 Å². The Hall–Kier alpha value is -1.15. The molecule has 1 atom stereocenters. The van der Waals surface area contributed by atoms with Crippen molar-refractivity contribution in [1.82, 2.24) is 0 Å². The van der Waals surface area contributed by atoms with E-state index >= 15 is 0 Å². The minimum atomic E-state index is -4.11. The Kier molecular flexibility index (Phi) is 7.53. The summed E-state index contributed by atoms with van der Waals surface area (Å²) in [6, 6.07) is 0. The molecule has 0 aliphatic carbocycles. The molecule has 0 aromatic heterocycles. The summed E-state index contributed by atoms with van der Waals surface area (Å²) in [4.78, 5) is 10.6. The first-order valence-electron chi connectivity index (χ1n) is 5.00. The summed E-state index contributed by atoms with van der Waals surface area (Å²) < 4.78 is 57.2. The van der Waals surface area contributed by atoms with Gasteiger partial charge in [-0.15, -0.1) is 0 Å². The van der Waals surface area contributed by atoms with Gasteiger partial charge in [0.1, 0.15) is 12.7 Å². The molecule has 1 unspecified atom stereocenters. The van der Waals surface area contributed by atoms with Crippen LogP contribution in [0.15, 0.2) is 12.7 Å². The van der Waals surface area contributed by atoms with Gasteiger partial charge in [-0.1, -0.05) is 6.58 Å². The Morgan fingerprint density at radius 3 is 2.50 bits per heavy atom. The number of ether oxygens (including phenoxy) is 2. The summed E-state index contributed by atoms with van der Waals surface area (Å²) in [5.41, 5.74) is 0. The number of rotatable bonds is 9. The van der Waals surface area contributed by atoms with E-state index in [0.717, 1.165) is 6.08 Å². The molecule has 0 saturated carbocycles. The Bertz CT molecular complexity index is 271. The third-order valence-corrected chi connectivity index (χ3v) is 1.79. The van der Waals surface area contributed by atoms with E-state index in [9.17, 15) is 22.4 Å². The van der Waals surface area contributed by atoms with Gasteiger partial charge in [0.2, 0.25) is 0 Å². The summed E-state index contributed by atoms with van der Waals surface area (Å²) in [7, 11) is 0. The van der Waals surface area contributed by atoms with Crippen LogP contribution >= 0.6 is 0 Å². The average Bonchev–Trinajstić information content (AvgIpc) is 2.31. The zero-order valence-corrected chi connectivity index (χ0v) is 9.45. The molecule has 106 valence electrons. The Balaban J connectivity index is 3.66. The molecular weight excluding hydrogens is 260 g/mol. The molecule has 0 aromatic carbocycles. The first-order valence-corrected chi connectivity index (χ1v) is 5.00. The first-order chi connectivity index (χ1) is 8.29. The Morgan fingerprint density at radius 2 is 2.00 bits per heavy atom. The Labute approximate surface area is 101 Å². The highest BCUT2D eigenvalue weighted by Crippen LogP contribution is 2.26. The number of halogens is 4. The molecule has 4 nitrogen and oxygen atoms in total. The van der Waals surface area contributed by atoms with Crippen LogP contribution in [0.4, 0.5) is 17.6 Å². The van der Waals surface area contributed by atoms with Crippen molar-refractivity contribution in [2.45, 2.75) is 24.9 Å². The molecule has 0 fully saturated rings. The molecule has 0 aromatic rings. The van der Waals surface area contributed by atoms with E-state index in [1.54, 1.807) is 0 Å². The van der Waals surface area contributed by atoms with Crippen LogP contribution in [0.25, 0.3) is 0 Å². The highest BCUT2D eigenvalue weighted by Gasteiger charge is 2.40. The summed E-state index contributed by atoms with van der Waals surface area (Å²) in [5.74, 6) is -4.86. The molecule has 1 N–H and O–H groups in total. The molecule has 0 heterocycles. The molecule has 8 heteroatoms. The SMILES string of the molecule is C=CC(=O)OCC(O)COCCC(F)(F)C(F)F. The summed E-state index contributed by atoms with van der Waals surface area (Å²) in [6.45, 7) is 1.69. The van der Waals surface area contributed by atoms with E-state index in [1.165, 1.54) is 0 Å². The summed E-state index contributed by atoms with van der Waals surface area (Å²) in [6.07, 6.45) is -5.23. The molecule has 0 spiro atoms. The quantitative estimate of drug-likeness (QED) is 0.299. The van der Waals surface area contributed by atoms with Crippen molar-refractivity contribution in [3.8, 4) is 0 Å². The van der Waals surface area contributed by atoms with Crippen LogP contribution in [0.3, 0.4) is 0 Å². The van der Waals surface area contributed by atoms with E-state index < -0.39 is 50.7 Å². The van der Waals surface area contributed by atoms with Gasteiger partial charge >= 0.3 is 18.3 Å². The van der Waals surface area contributed by atoms with Crippen LogP contribution in [0, 0.1) is 0 Å². The predicted molar refractivity (Wildman–Crippen MR) is 53.5 cm³/mol. The third-order valence-electron chi connectivity index (χ3n) is 1.79. The fourth-order valence-electron chi connectivity index (χ4n) is 0.822. The van der Waals surface area contributed by atoms with Crippen molar-refractivity contribution in [2.24, 2.45) is 0 Å². The number of esters is 1. The van der Waals surface area contributed by atoms with Crippen LogP contribution < -0.4 is 0 Å². The number of aliphatic hydroxyl groups excluding tert-OH is 1. The van der Waals surface area contributed by atoms with Gasteiger partial charge in [-0.25, -0.2) is 22.4 Å². The lowest BCUT2D eigenvalue weighted by molar-refractivity contribution is -0.147. The van der Waals surface area contributed by atoms with E-state index in [-0.39, 0.29) is 0 Å². The lowest BCUT2D eigenvalue weighted by Crippen LogP contribution is -2.29. The molecule has 0 radical (unpaired) electrons. The largest absolute Gasteiger partial charge is 0.460 e. The smallest absolute Gasteiger partial charge is 0.330 e. The maximum absolute atomic E-state index is 12.4. The fraction of sp³-hybridized carbons (Fsp3) is 0.700. The average molecular weight is 274 g/mol. The van der Waals surface area contributed by atoms with E-state index in [2.05, 4.69) is 16.1 Å². The van der Waals surface area contributed by atoms with Crippen molar-refractivity contribution in [2.75, 3.05) is 19.8 Å². The highest BCUT2D eigenvalue weighted by molar-refractivity contribution is 5.81.